The number of ether oxygens (including phenoxy) is 1. The van der Waals surface area contributed by atoms with Crippen molar-refractivity contribution in [3.05, 3.63) is 137 Å². The number of H-pyrrole nitrogens is 3. The van der Waals surface area contributed by atoms with Gasteiger partial charge >= 0.3 is 0 Å². The van der Waals surface area contributed by atoms with Gasteiger partial charge in [0, 0.05) is 22.0 Å². The normalized spacial score (nSPS) is 11.5. The number of aromatic nitrogens is 5. The lowest BCUT2D eigenvalue weighted by Gasteiger charge is -2.16. The summed E-state index contributed by atoms with van der Waals surface area (Å²) in [6.07, 6.45) is 0. The number of nitrogens with zero attached hydrogens (tertiary/aromatic N) is 2. The van der Waals surface area contributed by atoms with Gasteiger partial charge in [0.05, 0.1) is 40.5 Å². The van der Waals surface area contributed by atoms with Crippen LogP contribution in [-0.2, 0) is 0 Å². The number of nitrogens with one attached hydrogen (secondary N) is 3. The summed E-state index contributed by atoms with van der Waals surface area (Å²) in [5.74, 6) is 0.817. The Labute approximate surface area is 291 Å². The molecule has 9 aromatic rings. The van der Waals surface area contributed by atoms with Crippen molar-refractivity contribution in [1.29, 1.82) is 0 Å². The van der Waals surface area contributed by atoms with Crippen LogP contribution in [0.3, 0.4) is 0 Å². The first-order valence-corrected chi connectivity index (χ1v) is 16.7. The fourth-order valence-corrected chi connectivity index (χ4v) is 7.38. The second-order valence-electron chi connectivity index (χ2n) is 12.0. The van der Waals surface area contributed by atoms with E-state index in [4.69, 9.17) is 39.1 Å². The molecule has 4 aromatic heterocycles. The molecule has 6 nitrogen and oxygen atoms in total. The fourth-order valence-electron chi connectivity index (χ4n) is 6.81. The smallest absolute Gasteiger partial charge is 0.175 e. The van der Waals surface area contributed by atoms with Gasteiger partial charge in [-0.1, -0.05) is 109 Å². The number of hydrogen-bond acceptors (Lipinski definition) is 5. The first-order valence-electron chi connectivity index (χ1n) is 15.9. The van der Waals surface area contributed by atoms with Gasteiger partial charge in [-0.2, -0.15) is 0 Å². The van der Waals surface area contributed by atoms with Gasteiger partial charge in [-0.05, 0) is 70.0 Å². The molecule has 8 heteroatoms. The van der Waals surface area contributed by atoms with Gasteiger partial charge in [0.15, 0.2) is 10.4 Å². The van der Waals surface area contributed by atoms with Gasteiger partial charge < -0.3 is 19.7 Å². The van der Waals surface area contributed by atoms with E-state index < -0.39 is 0 Å². The van der Waals surface area contributed by atoms with Crippen molar-refractivity contribution in [3.8, 4) is 50.6 Å². The van der Waals surface area contributed by atoms with Crippen molar-refractivity contribution >= 4 is 68.0 Å². The van der Waals surface area contributed by atoms with Crippen LogP contribution >= 0.6 is 24.4 Å². The Hall–Kier alpha value is -5.96. The average Bonchev–Trinajstić information content (AvgIpc) is 3.54. The maximum Gasteiger partial charge on any atom is 0.175 e. The van der Waals surface area contributed by atoms with Gasteiger partial charge in [-0.3, -0.25) is 0 Å². The Bertz CT molecular complexity index is 2860. The zero-order valence-electron chi connectivity index (χ0n) is 26.2. The Morgan fingerprint density at radius 2 is 1.33 bits per heavy atom. The molecule has 49 heavy (non-hydrogen) atoms. The van der Waals surface area contributed by atoms with Crippen LogP contribution in [0.15, 0.2) is 127 Å². The molecule has 4 heterocycles. The van der Waals surface area contributed by atoms with Crippen molar-refractivity contribution in [2.24, 2.45) is 0 Å². The summed E-state index contributed by atoms with van der Waals surface area (Å²) in [6.45, 7) is 0. The van der Waals surface area contributed by atoms with E-state index in [0.717, 1.165) is 88.6 Å². The van der Waals surface area contributed by atoms with Crippen molar-refractivity contribution in [1.82, 2.24) is 24.9 Å². The molecule has 0 unspecified atom stereocenters. The van der Waals surface area contributed by atoms with Crippen molar-refractivity contribution in [3.63, 3.8) is 0 Å². The quantitative estimate of drug-likeness (QED) is 0.125. The number of fused-ring (bicyclic) bond motifs is 5. The minimum Gasteiger partial charge on any atom is -0.497 e. The topological polar surface area (TPSA) is 82.4 Å². The maximum absolute atomic E-state index is 6.07. The summed E-state index contributed by atoms with van der Waals surface area (Å²) >= 11 is 11.8. The third-order valence-corrected chi connectivity index (χ3v) is 9.59. The first-order chi connectivity index (χ1) is 24.1. The highest BCUT2D eigenvalue weighted by molar-refractivity contribution is 7.72. The number of methoxy groups -OCH3 is 1. The molecule has 0 aliphatic rings. The molecule has 0 saturated carbocycles. The lowest BCUT2D eigenvalue weighted by atomic mass is 9.94. The van der Waals surface area contributed by atoms with E-state index in [1.54, 1.807) is 7.11 Å². The summed E-state index contributed by atoms with van der Waals surface area (Å²) in [6, 6.07) is 43.5. The Balaban J connectivity index is 1.44. The van der Waals surface area contributed by atoms with Crippen LogP contribution in [0.2, 0.25) is 0 Å². The summed E-state index contributed by atoms with van der Waals surface area (Å²) in [7, 11) is 1.68. The van der Waals surface area contributed by atoms with E-state index in [0.29, 0.717) is 15.1 Å². The van der Waals surface area contributed by atoms with Gasteiger partial charge in [0.25, 0.3) is 0 Å². The average molecular weight is 670 g/mol. The predicted octanol–water partition coefficient (Wildman–Crippen LogP) is 11.2. The largest absolute Gasteiger partial charge is 0.497 e. The van der Waals surface area contributed by atoms with Crippen LogP contribution in [0.5, 0.6) is 5.75 Å². The van der Waals surface area contributed by atoms with Gasteiger partial charge in [0.1, 0.15) is 10.4 Å². The number of rotatable bonds is 5. The molecular weight excluding hydrogens is 643 g/mol. The van der Waals surface area contributed by atoms with E-state index in [9.17, 15) is 0 Å². The number of para-hydroxylation sites is 1. The Morgan fingerprint density at radius 1 is 0.612 bits per heavy atom. The van der Waals surface area contributed by atoms with Gasteiger partial charge in [0.2, 0.25) is 0 Å². The summed E-state index contributed by atoms with van der Waals surface area (Å²) in [4.78, 5) is 21.1. The predicted molar refractivity (Wildman–Crippen MR) is 205 cm³/mol. The molecule has 0 fully saturated rings. The molecule has 234 valence electrons. The number of pyridine rings is 2. The molecule has 0 amide bonds. The third-order valence-electron chi connectivity index (χ3n) is 9.08. The van der Waals surface area contributed by atoms with Crippen LogP contribution in [0, 0.1) is 9.41 Å². The van der Waals surface area contributed by atoms with Crippen molar-refractivity contribution < 1.29 is 4.74 Å². The SMILES string of the molecule is COc1ccc2cc(-c3cc(-c4ccccc4)nc4nc(-c5c(-c6ccccc6)[nH]c6ccccc56)c5c(=S)[nH]c(=S)[nH]c5c34)ccc2c1. The number of hydrogen-bond donors (Lipinski definition) is 3. The third kappa shape index (κ3) is 4.92. The standard InChI is InChI=1S/C41H27N5OS2/c1-47-28-19-18-25-20-27(17-16-26(25)21-28)30-22-32(23-10-4-2-5-11-23)43-39-34(30)38-35(40(48)46-41(49)45-38)37(44-39)33-29-14-8-9-15-31(29)42-36(33)24-12-6-3-7-13-24/h2-22,42H,1H3,(H2,45,46,48,49). The maximum atomic E-state index is 6.07. The van der Waals surface area contributed by atoms with Crippen molar-refractivity contribution in [2.45, 2.75) is 0 Å². The summed E-state index contributed by atoms with van der Waals surface area (Å²) < 4.78 is 6.43. The zero-order chi connectivity index (χ0) is 33.1. The van der Waals surface area contributed by atoms with Crippen molar-refractivity contribution in [2.75, 3.05) is 7.11 Å². The molecule has 9 rings (SSSR count). The molecule has 0 spiro atoms. The molecule has 0 aliphatic heterocycles. The highest BCUT2D eigenvalue weighted by Gasteiger charge is 2.24. The van der Waals surface area contributed by atoms with E-state index >= 15 is 0 Å². The Morgan fingerprint density at radius 3 is 2.12 bits per heavy atom. The summed E-state index contributed by atoms with van der Waals surface area (Å²) in [5, 5.41) is 4.84. The zero-order valence-corrected chi connectivity index (χ0v) is 27.9. The molecule has 3 N–H and O–H groups in total. The second kappa shape index (κ2) is 11.6. The molecule has 5 aromatic carbocycles. The number of aromatic amines is 3. The van der Waals surface area contributed by atoms with Crippen LogP contribution in [0.4, 0.5) is 0 Å². The molecule has 0 radical (unpaired) electrons. The van der Waals surface area contributed by atoms with E-state index in [2.05, 4.69) is 81.7 Å². The minimum absolute atomic E-state index is 0.432. The van der Waals surface area contributed by atoms with Crippen LogP contribution in [-0.4, -0.2) is 32.0 Å². The Kier molecular flexibility index (Phi) is 6.93. The molecule has 0 atom stereocenters. The lowest BCUT2D eigenvalue weighted by molar-refractivity contribution is 0.415. The second-order valence-corrected chi connectivity index (χ2v) is 12.8. The monoisotopic (exact) mass is 669 g/mol. The number of benzene rings is 5. The van der Waals surface area contributed by atoms with E-state index in [1.807, 2.05) is 60.7 Å². The van der Waals surface area contributed by atoms with E-state index in [-0.39, 0.29) is 0 Å². The molecule has 0 aliphatic carbocycles. The van der Waals surface area contributed by atoms with Crippen LogP contribution in [0.1, 0.15) is 0 Å². The highest BCUT2D eigenvalue weighted by atomic mass is 32.1. The molecule has 0 bridgehead atoms. The first kappa shape index (κ1) is 29.2. The van der Waals surface area contributed by atoms with Gasteiger partial charge in [-0.25, -0.2) is 9.97 Å². The fraction of sp³-hybridized carbons (Fsp3) is 0.0244. The molecule has 0 saturated heterocycles. The molecular formula is C41H27N5OS2. The van der Waals surface area contributed by atoms with E-state index in [1.165, 1.54) is 0 Å². The van der Waals surface area contributed by atoms with Crippen LogP contribution in [0.25, 0.3) is 88.5 Å². The summed E-state index contributed by atoms with van der Waals surface area (Å²) in [5.41, 5.74) is 9.86. The minimum atomic E-state index is 0.432. The van der Waals surface area contributed by atoms with Gasteiger partial charge in [-0.15, -0.1) is 0 Å². The lowest BCUT2D eigenvalue weighted by Crippen LogP contribution is -2.00. The highest BCUT2D eigenvalue weighted by Crippen LogP contribution is 2.44. The van der Waals surface area contributed by atoms with Crippen LogP contribution < -0.4 is 4.74 Å².